The molecule has 0 saturated carbocycles. The van der Waals surface area contributed by atoms with Crippen molar-refractivity contribution in [1.82, 2.24) is 5.32 Å². The quantitative estimate of drug-likeness (QED) is 0.630. The Labute approximate surface area is 113 Å². The number of benzene rings is 1. The third-order valence-corrected chi connectivity index (χ3v) is 3.33. The highest BCUT2D eigenvalue weighted by atomic mass is 16.6. The van der Waals surface area contributed by atoms with Gasteiger partial charge in [0.15, 0.2) is 0 Å². The molecule has 0 amide bonds. The summed E-state index contributed by atoms with van der Waals surface area (Å²) < 4.78 is 0. The fraction of sp³-hybridized carbons (Fsp3) is 0.500. The van der Waals surface area contributed by atoms with Crippen molar-refractivity contribution in [3.8, 4) is 6.07 Å². The van der Waals surface area contributed by atoms with Gasteiger partial charge >= 0.3 is 0 Å². The number of nitro benzene ring substituents is 1. The molecule has 5 nitrogen and oxygen atoms in total. The Morgan fingerprint density at radius 3 is 2.68 bits per heavy atom. The second-order valence-electron chi connectivity index (χ2n) is 4.68. The fourth-order valence-corrected chi connectivity index (χ4v) is 1.92. The van der Waals surface area contributed by atoms with Crippen LogP contribution in [-0.2, 0) is 0 Å². The summed E-state index contributed by atoms with van der Waals surface area (Å²) in [6.45, 7) is 7.16. The average molecular weight is 261 g/mol. The number of nitrogens with zero attached hydrogens (tertiary/aromatic N) is 2. The van der Waals surface area contributed by atoms with E-state index in [1.54, 1.807) is 12.1 Å². The van der Waals surface area contributed by atoms with Crippen molar-refractivity contribution in [1.29, 1.82) is 5.26 Å². The van der Waals surface area contributed by atoms with E-state index in [0.717, 1.165) is 18.5 Å². The number of nitrogens with one attached hydrogen (secondary N) is 1. The Kier molecular flexibility index (Phi) is 5.46. The van der Waals surface area contributed by atoms with Crippen molar-refractivity contribution in [3.63, 3.8) is 0 Å². The minimum Gasteiger partial charge on any atom is -0.314 e. The molecule has 2 unspecified atom stereocenters. The van der Waals surface area contributed by atoms with Gasteiger partial charge in [-0.2, -0.15) is 5.26 Å². The lowest BCUT2D eigenvalue weighted by Gasteiger charge is -2.21. The molecule has 1 aromatic carbocycles. The summed E-state index contributed by atoms with van der Waals surface area (Å²) in [6.07, 6.45) is 1.06. The largest absolute Gasteiger partial charge is 0.314 e. The van der Waals surface area contributed by atoms with Crippen LogP contribution in [0.4, 0.5) is 5.69 Å². The molecule has 0 aliphatic rings. The molecule has 19 heavy (non-hydrogen) atoms. The lowest BCUT2D eigenvalue weighted by Crippen LogP contribution is -2.31. The number of nitriles is 1. The van der Waals surface area contributed by atoms with Gasteiger partial charge in [-0.1, -0.05) is 19.9 Å². The zero-order valence-corrected chi connectivity index (χ0v) is 11.5. The topological polar surface area (TPSA) is 79.0 Å². The van der Waals surface area contributed by atoms with E-state index in [9.17, 15) is 10.1 Å². The first-order valence-electron chi connectivity index (χ1n) is 6.43. The van der Waals surface area contributed by atoms with Gasteiger partial charge in [-0.25, -0.2) is 0 Å². The molecular formula is C14H19N3O2. The van der Waals surface area contributed by atoms with Crippen LogP contribution in [0.1, 0.15) is 44.2 Å². The third-order valence-electron chi connectivity index (χ3n) is 3.33. The highest BCUT2D eigenvalue weighted by Gasteiger charge is 2.18. The van der Waals surface area contributed by atoms with Gasteiger partial charge in [-0.3, -0.25) is 10.1 Å². The van der Waals surface area contributed by atoms with Crippen LogP contribution in [0, 0.1) is 21.4 Å². The Bertz CT molecular complexity index is 494. The second kappa shape index (κ2) is 6.86. The Balaban J connectivity index is 2.96. The first-order valence-corrected chi connectivity index (χ1v) is 6.43. The Morgan fingerprint density at radius 2 is 2.16 bits per heavy atom. The smallest absolute Gasteiger partial charge is 0.287 e. The molecule has 5 heteroatoms. The van der Waals surface area contributed by atoms with Crippen molar-refractivity contribution < 1.29 is 4.92 Å². The lowest BCUT2D eigenvalue weighted by atomic mass is 9.92. The molecule has 0 aromatic heterocycles. The van der Waals surface area contributed by atoms with Crippen LogP contribution in [0.5, 0.6) is 0 Å². The summed E-state index contributed by atoms with van der Waals surface area (Å²) in [4.78, 5) is 10.3. The number of hydrogen-bond donors (Lipinski definition) is 1. The summed E-state index contributed by atoms with van der Waals surface area (Å²) in [6, 6.07) is 6.91. The Morgan fingerprint density at radius 1 is 1.47 bits per heavy atom. The van der Waals surface area contributed by atoms with E-state index in [2.05, 4.69) is 26.1 Å². The van der Waals surface area contributed by atoms with Crippen LogP contribution in [0.25, 0.3) is 0 Å². The third kappa shape index (κ3) is 3.76. The van der Waals surface area contributed by atoms with E-state index >= 15 is 0 Å². The molecule has 2 atom stereocenters. The molecule has 0 heterocycles. The summed E-state index contributed by atoms with van der Waals surface area (Å²) in [5.74, 6) is 0.194. The maximum absolute atomic E-state index is 10.8. The van der Waals surface area contributed by atoms with Crippen LogP contribution in [0.2, 0.25) is 0 Å². The predicted molar refractivity (Wildman–Crippen MR) is 74.0 cm³/mol. The zero-order valence-electron chi connectivity index (χ0n) is 11.5. The van der Waals surface area contributed by atoms with Gasteiger partial charge in [0, 0.05) is 12.1 Å². The summed E-state index contributed by atoms with van der Waals surface area (Å²) in [5, 5.41) is 23.2. The Hall–Kier alpha value is -1.93. The van der Waals surface area contributed by atoms with Gasteiger partial charge in [0.25, 0.3) is 5.69 Å². The minimum absolute atomic E-state index is 0.122. The number of hydrogen-bond acceptors (Lipinski definition) is 4. The summed E-state index contributed by atoms with van der Waals surface area (Å²) in [5.41, 5.74) is 0.933. The lowest BCUT2D eigenvalue weighted by molar-refractivity contribution is -0.385. The highest BCUT2D eigenvalue weighted by Crippen LogP contribution is 2.25. The molecule has 0 spiro atoms. The molecule has 102 valence electrons. The second-order valence-corrected chi connectivity index (χ2v) is 4.68. The fourth-order valence-electron chi connectivity index (χ4n) is 1.92. The van der Waals surface area contributed by atoms with Crippen LogP contribution >= 0.6 is 0 Å². The van der Waals surface area contributed by atoms with Crippen LogP contribution in [0.15, 0.2) is 18.2 Å². The molecule has 1 N–H and O–H groups in total. The van der Waals surface area contributed by atoms with E-state index < -0.39 is 4.92 Å². The van der Waals surface area contributed by atoms with Crippen molar-refractivity contribution in [2.45, 2.75) is 39.2 Å². The molecule has 1 rings (SSSR count). The van der Waals surface area contributed by atoms with Crippen molar-refractivity contribution in [2.24, 2.45) is 0 Å². The van der Waals surface area contributed by atoms with Gasteiger partial charge in [-0.05, 0) is 37.4 Å². The molecule has 0 radical (unpaired) electrons. The highest BCUT2D eigenvalue weighted by molar-refractivity contribution is 5.51. The number of rotatable bonds is 6. The van der Waals surface area contributed by atoms with E-state index in [-0.39, 0.29) is 23.2 Å². The van der Waals surface area contributed by atoms with E-state index in [1.165, 1.54) is 6.07 Å². The predicted octanol–water partition coefficient (Wildman–Crippen LogP) is 2.96. The summed E-state index contributed by atoms with van der Waals surface area (Å²) in [7, 11) is 0. The standard InChI is InChI=1S/C14H19N3O2/c1-4-7-16-11(3)10(2)12-5-6-14(17(18)19)13(8-12)9-15/h5-6,8,10-11,16H,4,7H2,1-3H3. The number of nitro groups is 1. The molecule has 0 aliphatic carbocycles. The average Bonchev–Trinajstić information content (AvgIpc) is 2.42. The van der Waals surface area contributed by atoms with Crippen molar-refractivity contribution in [2.75, 3.05) is 6.54 Å². The molecule has 0 fully saturated rings. The van der Waals surface area contributed by atoms with E-state index in [4.69, 9.17) is 5.26 Å². The van der Waals surface area contributed by atoms with E-state index in [0.29, 0.717) is 0 Å². The first-order chi connectivity index (χ1) is 9.01. The molecule has 1 aromatic rings. The van der Waals surface area contributed by atoms with Crippen LogP contribution < -0.4 is 5.32 Å². The minimum atomic E-state index is -0.522. The SMILES string of the molecule is CCCNC(C)C(C)c1ccc([N+](=O)[O-])c(C#N)c1. The van der Waals surface area contributed by atoms with Gasteiger partial charge in [0.1, 0.15) is 11.6 Å². The molecule has 0 aliphatic heterocycles. The van der Waals surface area contributed by atoms with Crippen LogP contribution in [-0.4, -0.2) is 17.5 Å². The van der Waals surface area contributed by atoms with Crippen molar-refractivity contribution >= 4 is 5.69 Å². The summed E-state index contributed by atoms with van der Waals surface area (Å²) >= 11 is 0. The molecule has 0 saturated heterocycles. The van der Waals surface area contributed by atoms with Gasteiger partial charge in [0.2, 0.25) is 0 Å². The molecule has 0 bridgehead atoms. The zero-order chi connectivity index (χ0) is 14.4. The van der Waals surface area contributed by atoms with Crippen LogP contribution in [0.3, 0.4) is 0 Å². The maximum atomic E-state index is 10.8. The maximum Gasteiger partial charge on any atom is 0.287 e. The van der Waals surface area contributed by atoms with Gasteiger partial charge in [0.05, 0.1) is 4.92 Å². The molecular weight excluding hydrogens is 242 g/mol. The van der Waals surface area contributed by atoms with E-state index in [1.807, 2.05) is 6.07 Å². The normalized spacial score (nSPS) is 13.6. The monoisotopic (exact) mass is 261 g/mol. The van der Waals surface area contributed by atoms with Gasteiger partial charge in [-0.15, -0.1) is 0 Å². The van der Waals surface area contributed by atoms with Gasteiger partial charge < -0.3 is 5.32 Å². The van der Waals surface area contributed by atoms with Crippen molar-refractivity contribution in [3.05, 3.63) is 39.4 Å². The first kappa shape index (κ1) is 15.1.